The van der Waals surface area contributed by atoms with E-state index in [1.807, 2.05) is 31.1 Å². The van der Waals surface area contributed by atoms with E-state index in [9.17, 15) is 0 Å². The number of carbonyl (C=O) groups excluding carboxylic acids is 1. The Hall–Kier alpha value is -1.35. The molecule has 2 atom stereocenters. The molecule has 0 aromatic heterocycles. The van der Waals surface area contributed by atoms with Gasteiger partial charge in [0, 0.05) is 16.0 Å². The number of hydrogen-bond acceptors (Lipinski definition) is 2. The highest BCUT2D eigenvalue weighted by Gasteiger charge is 2.25. The maximum absolute atomic E-state index is 8.00. The number of halogens is 2. The van der Waals surface area contributed by atoms with Gasteiger partial charge in [-0.05, 0) is 69.5 Å². The van der Waals surface area contributed by atoms with Crippen LogP contribution in [0.5, 0.6) is 0 Å². The summed E-state index contributed by atoms with van der Waals surface area (Å²) in [6.45, 7) is 10.4. The highest BCUT2D eigenvalue weighted by Crippen LogP contribution is 2.30. The minimum atomic E-state index is -0.176. The number of hydrogen-bond donors (Lipinski definition) is 0. The molecule has 2 aromatic carbocycles. The number of ether oxygens (including phenoxy) is 1. The Kier molecular flexibility index (Phi) is 8.64. The van der Waals surface area contributed by atoms with Crippen molar-refractivity contribution < 1.29 is 9.53 Å². The van der Waals surface area contributed by atoms with Gasteiger partial charge in [0.15, 0.2) is 0 Å². The van der Waals surface area contributed by atoms with Crippen molar-refractivity contribution in [1.82, 2.24) is 0 Å². The summed E-state index contributed by atoms with van der Waals surface area (Å²) in [5, 5.41) is 1.51. The van der Waals surface area contributed by atoms with E-state index in [2.05, 4.69) is 52.0 Å². The second-order valence-electron chi connectivity index (χ2n) is 6.92. The van der Waals surface area contributed by atoms with E-state index in [1.54, 1.807) is 0 Å². The van der Waals surface area contributed by atoms with Gasteiger partial charge >= 0.3 is 0 Å². The standard InChI is InChI=1S/C20H24Cl2O.CH2O/c1-14(23-20(2,3)4)19(16-7-11-18(22)12-8-16)13-15-5-9-17(21)10-6-15;1-2/h5-12,14,19H,13H2,1-4H3;1H2. The van der Waals surface area contributed by atoms with Crippen LogP contribution in [0, 0.1) is 0 Å². The Morgan fingerprint density at radius 1 is 0.920 bits per heavy atom. The number of carbonyl (C=O) groups is 1. The van der Waals surface area contributed by atoms with Gasteiger partial charge in [-0.2, -0.15) is 0 Å². The molecule has 0 aliphatic carbocycles. The van der Waals surface area contributed by atoms with Crippen LogP contribution in [-0.4, -0.2) is 18.5 Å². The van der Waals surface area contributed by atoms with E-state index in [1.165, 1.54) is 11.1 Å². The van der Waals surface area contributed by atoms with Gasteiger partial charge in [-0.1, -0.05) is 47.5 Å². The summed E-state index contributed by atoms with van der Waals surface area (Å²) in [7, 11) is 0. The van der Waals surface area contributed by atoms with E-state index < -0.39 is 0 Å². The van der Waals surface area contributed by atoms with Gasteiger partial charge < -0.3 is 9.53 Å². The molecule has 0 saturated carbocycles. The second kappa shape index (κ2) is 9.96. The molecular formula is C21H26Cl2O2. The van der Waals surface area contributed by atoms with E-state index in [-0.39, 0.29) is 17.6 Å². The molecule has 136 valence electrons. The van der Waals surface area contributed by atoms with Crippen LogP contribution in [0.25, 0.3) is 0 Å². The fraction of sp³-hybridized carbons (Fsp3) is 0.381. The Labute approximate surface area is 161 Å². The topological polar surface area (TPSA) is 26.3 Å². The quantitative estimate of drug-likeness (QED) is 0.604. The van der Waals surface area contributed by atoms with E-state index >= 15 is 0 Å². The van der Waals surface area contributed by atoms with Crippen molar-refractivity contribution in [2.75, 3.05) is 0 Å². The van der Waals surface area contributed by atoms with Gasteiger partial charge in [-0.15, -0.1) is 0 Å². The highest BCUT2D eigenvalue weighted by atomic mass is 35.5. The summed E-state index contributed by atoms with van der Waals surface area (Å²) in [6, 6.07) is 16.1. The normalized spacial score (nSPS) is 13.5. The number of rotatable bonds is 5. The number of benzene rings is 2. The summed E-state index contributed by atoms with van der Waals surface area (Å²) in [5.74, 6) is 0.257. The van der Waals surface area contributed by atoms with Crippen LogP contribution in [-0.2, 0) is 16.0 Å². The first-order valence-electron chi connectivity index (χ1n) is 8.21. The zero-order valence-corrected chi connectivity index (χ0v) is 16.8. The zero-order chi connectivity index (χ0) is 19.0. The molecule has 0 saturated heterocycles. The largest absolute Gasteiger partial charge is 0.372 e. The molecule has 0 amide bonds. The second-order valence-corrected chi connectivity index (χ2v) is 7.80. The van der Waals surface area contributed by atoms with Crippen molar-refractivity contribution in [3.63, 3.8) is 0 Å². The van der Waals surface area contributed by atoms with Gasteiger partial charge in [-0.3, -0.25) is 0 Å². The van der Waals surface area contributed by atoms with E-state index in [4.69, 9.17) is 32.7 Å². The molecule has 0 fully saturated rings. The first-order valence-corrected chi connectivity index (χ1v) is 8.97. The summed E-state index contributed by atoms with van der Waals surface area (Å²) in [6.07, 6.45) is 0.989. The van der Waals surface area contributed by atoms with Gasteiger partial charge in [-0.25, -0.2) is 0 Å². The first-order chi connectivity index (χ1) is 11.7. The lowest BCUT2D eigenvalue weighted by molar-refractivity contribution is -0.0980. The van der Waals surface area contributed by atoms with Crippen LogP contribution < -0.4 is 0 Å². The summed E-state index contributed by atoms with van der Waals surface area (Å²) in [4.78, 5) is 8.00. The molecule has 0 aliphatic heterocycles. The van der Waals surface area contributed by atoms with Crippen LogP contribution in [0.3, 0.4) is 0 Å². The van der Waals surface area contributed by atoms with Gasteiger partial charge in [0.1, 0.15) is 6.79 Å². The molecule has 0 N–H and O–H groups in total. The Balaban J connectivity index is 0.00000151. The van der Waals surface area contributed by atoms with E-state index in [0.29, 0.717) is 0 Å². The minimum absolute atomic E-state index is 0.0897. The Bertz CT molecular complexity index is 630. The fourth-order valence-corrected chi connectivity index (χ4v) is 3.03. The van der Waals surface area contributed by atoms with Crippen molar-refractivity contribution in [3.8, 4) is 0 Å². The molecule has 0 bridgehead atoms. The van der Waals surface area contributed by atoms with Crippen molar-refractivity contribution in [3.05, 3.63) is 69.7 Å². The maximum Gasteiger partial charge on any atom is 0.106 e. The lowest BCUT2D eigenvalue weighted by Gasteiger charge is -2.31. The van der Waals surface area contributed by atoms with Crippen molar-refractivity contribution in [1.29, 1.82) is 0 Å². The SMILES string of the molecule is C=O.CC(OC(C)(C)C)C(Cc1ccc(Cl)cc1)c1ccc(Cl)cc1. The van der Waals surface area contributed by atoms with E-state index in [0.717, 1.165) is 16.5 Å². The van der Waals surface area contributed by atoms with Crippen molar-refractivity contribution >= 4 is 30.0 Å². The first kappa shape index (κ1) is 21.7. The molecule has 2 nitrogen and oxygen atoms in total. The molecular weight excluding hydrogens is 355 g/mol. The third kappa shape index (κ3) is 7.60. The third-order valence-corrected chi connectivity index (χ3v) is 4.28. The molecule has 0 radical (unpaired) electrons. The Morgan fingerprint density at radius 2 is 1.36 bits per heavy atom. The van der Waals surface area contributed by atoms with Crippen LogP contribution in [0.4, 0.5) is 0 Å². The third-order valence-electron chi connectivity index (χ3n) is 3.77. The highest BCUT2D eigenvalue weighted by molar-refractivity contribution is 6.30. The lowest BCUT2D eigenvalue weighted by Crippen LogP contribution is -2.30. The Morgan fingerprint density at radius 3 is 1.80 bits per heavy atom. The molecule has 0 spiro atoms. The molecule has 2 unspecified atom stereocenters. The van der Waals surface area contributed by atoms with Gasteiger partial charge in [0.05, 0.1) is 11.7 Å². The smallest absolute Gasteiger partial charge is 0.106 e. The monoisotopic (exact) mass is 380 g/mol. The maximum atomic E-state index is 8.00. The molecule has 0 heterocycles. The molecule has 0 aliphatic rings. The molecule has 25 heavy (non-hydrogen) atoms. The van der Waals surface area contributed by atoms with Gasteiger partial charge in [0.25, 0.3) is 0 Å². The zero-order valence-electron chi connectivity index (χ0n) is 15.3. The molecule has 2 aromatic rings. The average molecular weight is 381 g/mol. The lowest BCUT2D eigenvalue weighted by atomic mass is 9.87. The summed E-state index contributed by atoms with van der Waals surface area (Å²) in [5.41, 5.74) is 2.31. The summed E-state index contributed by atoms with van der Waals surface area (Å²) >= 11 is 12.0. The van der Waals surface area contributed by atoms with Crippen LogP contribution >= 0.6 is 23.2 Å². The summed E-state index contributed by atoms with van der Waals surface area (Å²) < 4.78 is 6.22. The predicted octanol–water partition coefficient (Wildman–Crippen LogP) is 6.34. The molecule has 4 heteroatoms. The predicted molar refractivity (Wildman–Crippen MR) is 107 cm³/mol. The van der Waals surface area contributed by atoms with Crippen molar-refractivity contribution in [2.24, 2.45) is 0 Å². The minimum Gasteiger partial charge on any atom is -0.372 e. The fourth-order valence-electron chi connectivity index (χ4n) is 2.78. The van der Waals surface area contributed by atoms with Crippen LogP contribution in [0.15, 0.2) is 48.5 Å². The van der Waals surface area contributed by atoms with Gasteiger partial charge in [0.2, 0.25) is 0 Å². The van der Waals surface area contributed by atoms with Crippen LogP contribution in [0.1, 0.15) is 44.7 Å². The van der Waals surface area contributed by atoms with Crippen LogP contribution in [0.2, 0.25) is 10.0 Å². The van der Waals surface area contributed by atoms with Crippen molar-refractivity contribution in [2.45, 2.75) is 51.7 Å². The average Bonchev–Trinajstić information content (AvgIpc) is 2.55. The molecule has 2 rings (SSSR count).